The molecule has 0 unspecified atom stereocenters. The molecule has 0 saturated carbocycles. The highest BCUT2D eigenvalue weighted by Crippen LogP contribution is 2.06. The van der Waals surface area contributed by atoms with E-state index in [1.165, 1.54) is 11.1 Å². The molecule has 1 nitrogen and oxygen atoms in total. The van der Waals surface area contributed by atoms with E-state index in [9.17, 15) is 0 Å². The first-order valence-electron chi connectivity index (χ1n) is 4.43. The van der Waals surface area contributed by atoms with Crippen molar-refractivity contribution in [2.24, 2.45) is 5.73 Å². The summed E-state index contributed by atoms with van der Waals surface area (Å²) in [6, 6.07) is 8.25. The Kier molecular flexibility index (Phi) is 4.65. The average Bonchev–Trinajstić information content (AvgIpc) is 2.19. The van der Waals surface area contributed by atoms with E-state index in [1.54, 1.807) is 0 Å². The molecule has 0 radical (unpaired) electrons. The van der Waals surface area contributed by atoms with Crippen LogP contribution >= 0.6 is 12.6 Å². The molecule has 70 valence electrons. The van der Waals surface area contributed by atoms with Gasteiger partial charge in [0.05, 0.1) is 0 Å². The summed E-state index contributed by atoms with van der Waals surface area (Å²) >= 11 is 4.13. The zero-order valence-electron chi connectivity index (χ0n) is 7.61. The minimum absolute atomic E-state index is 0.605. The van der Waals surface area contributed by atoms with Gasteiger partial charge in [-0.2, -0.15) is 12.6 Å². The number of benzene rings is 1. The summed E-state index contributed by atoms with van der Waals surface area (Å²) in [6.07, 6.45) is 5.24. The summed E-state index contributed by atoms with van der Waals surface area (Å²) in [5.41, 5.74) is 7.92. The van der Waals surface area contributed by atoms with Crippen LogP contribution in [-0.2, 0) is 6.54 Å². The number of nitrogens with two attached hydrogens (primary N) is 1. The van der Waals surface area contributed by atoms with Gasteiger partial charge >= 0.3 is 0 Å². The van der Waals surface area contributed by atoms with Crippen molar-refractivity contribution in [2.45, 2.75) is 13.0 Å². The van der Waals surface area contributed by atoms with Crippen molar-refractivity contribution < 1.29 is 0 Å². The molecule has 0 bridgehead atoms. The van der Waals surface area contributed by atoms with Gasteiger partial charge in [-0.25, -0.2) is 0 Å². The Balaban J connectivity index is 2.66. The lowest BCUT2D eigenvalue weighted by molar-refractivity contribution is 1.07. The normalized spacial score (nSPS) is 10.9. The van der Waals surface area contributed by atoms with Gasteiger partial charge in [0.1, 0.15) is 0 Å². The van der Waals surface area contributed by atoms with Gasteiger partial charge in [-0.05, 0) is 23.3 Å². The topological polar surface area (TPSA) is 26.0 Å². The first-order chi connectivity index (χ1) is 6.36. The van der Waals surface area contributed by atoms with Crippen LogP contribution in [0.3, 0.4) is 0 Å². The van der Waals surface area contributed by atoms with Crippen LogP contribution in [0.25, 0.3) is 6.08 Å². The van der Waals surface area contributed by atoms with E-state index in [1.807, 2.05) is 12.1 Å². The Bertz CT molecular complexity index is 281. The summed E-state index contributed by atoms with van der Waals surface area (Å²) in [6.45, 7) is 0.605. The van der Waals surface area contributed by atoms with Crippen LogP contribution in [0.2, 0.25) is 0 Å². The molecule has 2 N–H and O–H groups in total. The fourth-order valence-corrected chi connectivity index (χ4v) is 1.27. The second-order valence-corrected chi connectivity index (χ2v) is 3.31. The molecule has 0 amide bonds. The predicted molar refractivity (Wildman–Crippen MR) is 61.8 cm³/mol. The maximum absolute atomic E-state index is 5.54. The van der Waals surface area contributed by atoms with E-state index in [-0.39, 0.29) is 0 Å². The van der Waals surface area contributed by atoms with Crippen LogP contribution < -0.4 is 5.73 Å². The maximum atomic E-state index is 5.54. The molecule has 0 fully saturated rings. The minimum atomic E-state index is 0.605. The quantitative estimate of drug-likeness (QED) is 0.706. The molecule has 0 saturated heterocycles. The largest absolute Gasteiger partial charge is 0.326 e. The van der Waals surface area contributed by atoms with Gasteiger partial charge in [0.15, 0.2) is 0 Å². The molecule has 0 spiro atoms. The van der Waals surface area contributed by atoms with Gasteiger partial charge in [-0.1, -0.05) is 36.4 Å². The van der Waals surface area contributed by atoms with Crippen molar-refractivity contribution in [3.63, 3.8) is 0 Å². The molecule has 1 aromatic rings. The fraction of sp³-hybridized carbons (Fsp3) is 0.273. The predicted octanol–water partition coefficient (Wildman–Crippen LogP) is 2.48. The number of rotatable bonds is 4. The van der Waals surface area contributed by atoms with Crippen molar-refractivity contribution in [3.05, 3.63) is 41.5 Å². The molecular weight excluding hydrogens is 178 g/mol. The lowest BCUT2D eigenvalue weighted by Gasteiger charge is -1.97. The second kappa shape index (κ2) is 5.84. The molecule has 0 aliphatic carbocycles. The van der Waals surface area contributed by atoms with Crippen LogP contribution in [-0.4, -0.2) is 5.75 Å². The van der Waals surface area contributed by atoms with Crippen molar-refractivity contribution in [3.8, 4) is 0 Å². The SMILES string of the molecule is NCc1cccc(C=CCCS)c1. The van der Waals surface area contributed by atoms with Gasteiger partial charge in [-0.3, -0.25) is 0 Å². The minimum Gasteiger partial charge on any atom is -0.326 e. The number of allylic oxidation sites excluding steroid dienone is 1. The van der Waals surface area contributed by atoms with Gasteiger partial charge in [0.2, 0.25) is 0 Å². The molecule has 1 rings (SSSR count). The Morgan fingerprint density at radius 2 is 2.23 bits per heavy atom. The van der Waals surface area contributed by atoms with Crippen LogP contribution in [0.5, 0.6) is 0 Å². The van der Waals surface area contributed by atoms with E-state index in [0.717, 1.165) is 12.2 Å². The van der Waals surface area contributed by atoms with Crippen LogP contribution in [0, 0.1) is 0 Å². The zero-order chi connectivity index (χ0) is 9.52. The van der Waals surface area contributed by atoms with Crippen molar-refractivity contribution in [1.82, 2.24) is 0 Å². The first kappa shape index (κ1) is 10.4. The molecule has 13 heavy (non-hydrogen) atoms. The Morgan fingerprint density at radius 1 is 1.38 bits per heavy atom. The summed E-state index contributed by atoms with van der Waals surface area (Å²) in [4.78, 5) is 0. The van der Waals surface area contributed by atoms with Crippen molar-refractivity contribution >= 4 is 18.7 Å². The molecule has 1 aromatic carbocycles. The summed E-state index contributed by atoms with van der Waals surface area (Å²) in [7, 11) is 0. The van der Waals surface area contributed by atoms with E-state index < -0.39 is 0 Å². The smallest absolute Gasteiger partial charge is 0.0178 e. The zero-order valence-corrected chi connectivity index (χ0v) is 8.50. The lowest BCUT2D eigenvalue weighted by Crippen LogP contribution is -1.95. The second-order valence-electron chi connectivity index (χ2n) is 2.86. The molecule has 0 aliphatic rings. The van der Waals surface area contributed by atoms with Crippen LogP contribution in [0.4, 0.5) is 0 Å². The maximum Gasteiger partial charge on any atom is 0.0178 e. The number of hydrogen-bond donors (Lipinski definition) is 2. The highest BCUT2D eigenvalue weighted by atomic mass is 32.1. The molecular formula is C11H15NS. The fourth-order valence-electron chi connectivity index (χ4n) is 1.12. The third-order valence-electron chi connectivity index (χ3n) is 1.79. The van der Waals surface area contributed by atoms with E-state index in [2.05, 4.69) is 36.9 Å². The van der Waals surface area contributed by atoms with E-state index >= 15 is 0 Å². The van der Waals surface area contributed by atoms with Crippen molar-refractivity contribution in [1.29, 1.82) is 0 Å². The van der Waals surface area contributed by atoms with Crippen molar-refractivity contribution in [2.75, 3.05) is 5.75 Å². The third-order valence-corrected chi connectivity index (χ3v) is 2.05. The number of thiol groups is 1. The van der Waals surface area contributed by atoms with Crippen LogP contribution in [0.15, 0.2) is 30.3 Å². The monoisotopic (exact) mass is 193 g/mol. The van der Waals surface area contributed by atoms with E-state index in [4.69, 9.17) is 5.73 Å². The molecule has 0 aliphatic heterocycles. The Morgan fingerprint density at radius 3 is 2.92 bits per heavy atom. The van der Waals surface area contributed by atoms with Gasteiger partial charge < -0.3 is 5.73 Å². The molecule has 2 heteroatoms. The Labute approximate surface area is 85.1 Å². The van der Waals surface area contributed by atoms with Gasteiger partial charge in [0, 0.05) is 6.54 Å². The molecule has 0 aromatic heterocycles. The van der Waals surface area contributed by atoms with Gasteiger partial charge in [-0.15, -0.1) is 0 Å². The summed E-state index contributed by atoms with van der Waals surface area (Å²) < 4.78 is 0. The highest BCUT2D eigenvalue weighted by molar-refractivity contribution is 7.80. The molecule has 0 atom stereocenters. The van der Waals surface area contributed by atoms with Crippen LogP contribution in [0.1, 0.15) is 17.5 Å². The lowest BCUT2D eigenvalue weighted by atomic mass is 10.1. The highest BCUT2D eigenvalue weighted by Gasteiger charge is 1.89. The molecule has 0 heterocycles. The number of hydrogen-bond acceptors (Lipinski definition) is 2. The standard InChI is InChI=1S/C11H15NS/c12-9-11-6-3-5-10(8-11)4-1-2-7-13/h1,3-6,8,13H,2,7,9,12H2. The van der Waals surface area contributed by atoms with Gasteiger partial charge in [0.25, 0.3) is 0 Å². The summed E-state index contributed by atoms with van der Waals surface area (Å²) in [5.74, 6) is 0.896. The Hall–Kier alpha value is -0.730. The first-order valence-corrected chi connectivity index (χ1v) is 5.06. The summed E-state index contributed by atoms with van der Waals surface area (Å²) in [5, 5.41) is 0. The average molecular weight is 193 g/mol. The van der Waals surface area contributed by atoms with E-state index in [0.29, 0.717) is 6.54 Å². The third kappa shape index (κ3) is 3.66.